The molecule has 1 fully saturated rings. The Morgan fingerprint density at radius 3 is 2.65 bits per heavy atom. The van der Waals surface area contributed by atoms with Crippen molar-refractivity contribution < 1.29 is 8.42 Å². The van der Waals surface area contributed by atoms with Crippen molar-refractivity contribution in [3.8, 4) is 0 Å². The molecule has 0 spiro atoms. The first kappa shape index (κ1) is 12.5. The quantitative estimate of drug-likeness (QED) is 0.869. The molecule has 1 aromatic carbocycles. The molecule has 1 saturated heterocycles. The summed E-state index contributed by atoms with van der Waals surface area (Å²) >= 11 is 0. The second kappa shape index (κ2) is 5.16. The second-order valence-electron chi connectivity index (χ2n) is 4.46. The maximum Gasteiger partial charge on any atom is 0.242 e. The minimum atomic E-state index is -3.32. The lowest BCUT2D eigenvalue weighted by Crippen LogP contribution is -2.32. The summed E-state index contributed by atoms with van der Waals surface area (Å²) in [6.45, 7) is 2.49. The Balaban J connectivity index is 2.09. The van der Waals surface area contributed by atoms with Gasteiger partial charge in [0.2, 0.25) is 10.0 Å². The van der Waals surface area contributed by atoms with E-state index < -0.39 is 10.0 Å². The fourth-order valence-electron chi connectivity index (χ4n) is 2.10. The van der Waals surface area contributed by atoms with E-state index in [1.807, 2.05) is 6.07 Å². The van der Waals surface area contributed by atoms with E-state index in [4.69, 9.17) is 0 Å². The number of hydrogen-bond acceptors (Lipinski definition) is 3. The molecular weight excluding hydrogens is 236 g/mol. The van der Waals surface area contributed by atoms with Crippen molar-refractivity contribution in [1.29, 1.82) is 0 Å². The standard InChI is InChI=1S/C12H18N2O2S/c1-14(10-11-7-8-13-9-11)17(15,16)12-5-3-2-4-6-12/h2-6,11,13H,7-10H2,1H3. The molecule has 1 N–H and O–H groups in total. The molecule has 0 amide bonds. The topological polar surface area (TPSA) is 49.4 Å². The highest BCUT2D eigenvalue weighted by molar-refractivity contribution is 7.89. The number of hydrogen-bond donors (Lipinski definition) is 1. The van der Waals surface area contributed by atoms with Crippen LogP contribution in [0.5, 0.6) is 0 Å². The van der Waals surface area contributed by atoms with Crippen molar-refractivity contribution in [2.45, 2.75) is 11.3 Å². The molecule has 17 heavy (non-hydrogen) atoms. The molecule has 1 aliphatic heterocycles. The number of nitrogens with one attached hydrogen (secondary N) is 1. The van der Waals surface area contributed by atoms with E-state index in [1.54, 1.807) is 31.3 Å². The number of benzene rings is 1. The summed E-state index contributed by atoms with van der Waals surface area (Å²) in [5.74, 6) is 0.429. The van der Waals surface area contributed by atoms with Crippen molar-refractivity contribution in [2.24, 2.45) is 5.92 Å². The zero-order chi connectivity index (χ0) is 12.3. The molecule has 1 heterocycles. The smallest absolute Gasteiger partial charge is 0.242 e. The van der Waals surface area contributed by atoms with Gasteiger partial charge in [-0.1, -0.05) is 18.2 Å². The normalized spacial score (nSPS) is 20.9. The molecule has 1 unspecified atom stereocenters. The average Bonchev–Trinajstić information content (AvgIpc) is 2.83. The lowest BCUT2D eigenvalue weighted by Gasteiger charge is -2.20. The molecule has 1 atom stereocenters. The zero-order valence-corrected chi connectivity index (χ0v) is 10.8. The van der Waals surface area contributed by atoms with Crippen molar-refractivity contribution in [3.05, 3.63) is 30.3 Å². The fraction of sp³-hybridized carbons (Fsp3) is 0.500. The molecular formula is C12H18N2O2S. The summed E-state index contributed by atoms with van der Waals surface area (Å²) < 4.78 is 25.9. The summed E-state index contributed by atoms with van der Waals surface area (Å²) in [6.07, 6.45) is 1.05. The third-order valence-electron chi connectivity index (χ3n) is 3.13. The minimum Gasteiger partial charge on any atom is -0.316 e. The van der Waals surface area contributed by atoms with Crippen LogP contribution in [0.1, 0.15) is 6.42 Å². The Bertz CT molecular complexity index is 453. The molecule has 2 rings (SSSR count). The van der Waals surface area contributed by atoms with Crippen LogP contribution >= 0.6 is 0 Å². The largest absolute Gasteiger partial charge is 0.316 e. The maximum absolute atomic E-state index is 12.2. The van der Waals surface area contributed by atoms with Crippen LogP contribution < -0.4 is 5.32 Å². The van der Waals surface area contributed by atoms with E-state index >= 15 is 0 Å². The first-order valence-electron chi connectivity index (χ1n) is 5.83. The van der Waals surface area contributed by atoms with Crippen LogP contribution in [0.4, 0.5) is 0 Å². The Labute approximate surface area is 103 Å². The summed E-state index contributed by atoms with van der Waals surface area (Å²) in [6, 6.07) is 8.59. The van der Waals surface area contributed by atoms with Crippen molar-refractivity contribution >= 4 is 10.0 Å². The number of rotatable bonds is 4. The second-order valence-corrected chi connectivity index (χ2v) is 6.50. The van der Waals surface area contributed by atoms with Gasteiger partial charge in [0, 0.05) is 13.6 Å². The third kappa shape index (κ3) is 2.86. The van der Waals surface area contributed by atoms with Gasteiger partial charge >= 0.3 is 0 Å². The Kier molecular flexibility index (Phi) is 3.81. The van der Waals surface area contributed by atoms with Crippen LogP contribution in [0.3, 0.4) is 0 Å². The van der Waals surface area contributed by atoms with Gasteiger partial charge in [0.15, 0.2) is 0 Å². The van der Waals surface area contributed by atoms with Gasteiger partial charge in [0.05, 0.1) is 4.90 Å². The van der Waals surface area contributed by atoms with E-state index in [0.29, 0.717) is 17.4 Å². The van der Waals surface area contributed by atoms with E-state index in [-0.39, 0.29) is 0 Å². The first-order chi connectivity index (χ1) is 8.10. The summed E-state index contributed by atoms with van der Waals surface area (Å²) in [4.78, 5) is 0.369. The van der Waals surface area contributed by atoms with Gasteiger partial charge < -0.3 is 5.32 Å². The first-order valence-corrected chi connectivity index (χ1v) is 7.27. The molecule has 94 valence electrons. The minimum absolute atomic E-state index is 0.369. The molecule has 5 heteroatoms. The molecule has 0 aliphatic carbocycles. The molecule has 1 aliphatic rings. The predicted octanol–water partition coefficient (Wildman–Crippen LogP) is 0.917. The highest BCUT2D eigenvalue weighted by Crippen LogP contribution is 2.17. The average molecular weight is 254 g/mol. The monoisotopic (exact) mass is 254 g/mol. The molecule has 1 aromatic rings. The van der Waals surface area contributed by atoms with Gasteiger partial charge in [0.25, 0.3) is 0 Å². The fourth-order valence-corrected chi connectivity index (χ4v) is 3.37. The lowest BCUT2D eigenvalue weighted by atomic mass is 10.1. The molecule has 0 aromatic heterocycles. The van der Waals surface area contributed by atoms with E-state index in [2.05, 4.69) is 5.32 Å². The van der Waals surface area contributed by atoms with E-state index in [9.17, 15) is 8.42 Å². The van der Waals surface area contributed by atoms with E-state index in [1.165, 1.54) is 4.31 Å². The van der Waals surface area contributed by atoms with E-state index in [0.717, 1.165) is 19.5 Å². The molecule has 4 nitrogen and oxygen atoms in total. The van der Waals surface area contributed by atoms with Crippen LogP contribution in [0.2, 0.25) is 0 Å². The Morgan fingerprint density at radius 2 is 2.06 bits per heavy atom. The number of sulfonamides is 1. The Morgan fingerprint density at radius 1 is 1.35 bits per heavy atom. The van der Waals surface area contributed by atoms with Gasteiger partial charge in [-0.25, -0.2) is 12.7 Å². The van der Waals surface area contributed by atoms with Gasteiger partial charge in [-0.15, -0.1) is 0 Å². The third-order valence-corrected chi connectivity index (χ3v) is 4.97. The van der Waals surface area contributed by atoms with Crippen LogP contribution in [-0.2, 0) is 10.0 Å². The Hall–Kier alpha value is -0.910. The zero-order valence-electron chi connectivity index (χ0n) is 9.96. The van der Waals surface area contributed by atoms with Crippen LogP contribution in [0.15, 0.2) is 35.2 Å². The molecule has 0 saturated carbocycles. The number of nitrogens with zero attached hydrogens (tertiary/aromatic N) is 1. The van der Waals surface area contributed by atoms with Gasteiger partial charge in [-0.05, 0) is 37.6 Å². The highest BCUT2D eigenvalue weighted by Gasteiger charge is 2.24. The molecule has 0 bridgehead atoms. The summed E-state index contributed by atoms with van der Waals surface area (Å²) in [5.41, 5.74) is 0. The van der Waals surface area contributed by atoms with Crippen molar-refractivity contribution in [2.75, 3.05) is 26.7 Å². The van der Waals surface area contributed by atoms with Crippen molar-refractivity contribution in [1.82, 2.24) is 9.62 Å². The van der Waals surface area contributed by atoms with Gasteiger partial charge in [-0.3, -0.25) is 0 Å². The van der Waals surface area contributed by atoms with Crippen molar-refractivity contribution in [3.63, 3.8) is 0 Å². The summed E-state index contributed by atoms with van der Waals surface area (Å²) in [5, 5.41) is 3.25. The highest BCUT2D eigenvalue weighted by atomic mass is 32.2. The van der Waals surface area contributed by atoms with Crippen LogP contribution in [-0.4, -0.2) is 39.4 Å². The van der Waals surface area contributed by atoms with Gasteiger partial charge in [0.1, 0.15) is 0 Å². The SMILES string of the molecule is CN(CC1CCNC1)S(=O)(=O)c1ccccc1. The predicted molar refractivity (Wildman–Crippen MR) is 67.2 cm³/mol. The lowest BCUT2D eigenvalue weighted by molar-refractivity contribution is 0.399. The van der Waals surface area contributed by atoms with Crippen LogP contribution in [0, 0.1) is 5.92 Å². The molecule has 0 radical (unpaired) electrons. The van der Waals surface area contributed by atoms with Crippen LogP contribution in [0.25, 0.3) is 0 Å². The van der Waals surface area contributed by atoms with Gasteiger partial charge in [-0.2, -0.15) is 0 Å². The maximum atomic E-state index is 12.2. The summed E-state index contributed by atoms with van der Waals surface area (Å²) in [7, 11) is -1.67.